The molecule has 0 radical (unpaired) electrons. The normalized spacial score (nSPS) is 26.1. The molecule has 0 aliphatic carbocycles. The second-order valence-electron chi connectivity index (χ2n) is 6.30. The number of aryl methyl sites for hydroxylation is 1. The Bertz CT molecular complexity index is 526. The number of imidazole rings is 1. The van der Waals surface area contributed by atoms with Crippen LogP contribution in [0.15, 0.2) is 0 Å². The van der Waals surface area contributed by atoms with Gasteiger partial charge in [-0.05, 0) is 26.8 Å². The molecule has 0 unspecified atom stereocenters. The number of fused-ring (bicyclic) bond motifs is 1. The van der Waals surface area contributed by atoms with E-state index < -0.39 is 0 Å². The summed E-state index contributed by atoms with van der Waals surface area (Å²) in [5.74, 6) is 1.19. The molecule has 1 fully saturated rings. The molecule has 0 aromatic carbocycles. The summed E-state index contributed by atoms with van der Waals surface area (Å²) >= 11 is 0. The molecular formula is C15H25N5O. The molecule has 0 bridgehead atoms. The third-order valence-corrected chi connectivity index (χ3v) is 4.97. The van der Waals surface area contributed by atoms with Crippen molar-refractivity contribution in [3.8, 4) is 0 Å². The van der Waals surface area contributed by atoms with Crippen LogP contribution in [0, 0.1) is 6.92 Å². The van der Waals surface area contributed by atoms with E-state index in [0.717, 1.165) is 43.0 Å². The molecule has 116 valence electrons. The number of H-pyrrole nitrogens is 1. The van der Waals surface area contributed by atoms with E-state index >= 15 is 0 Å². The Morgan fingerprint density at radius 2 is 2.19 bits per heavy atom. The summed E-state index contributed by atoms with van der Waals surface area (Å²) in [6, 6.07) is 0.780. The van der Waals surface area contributed by atoms with Crippen LogP contribution in [0.5, 0.6) is 0 Å². The van der Waals surface area contributed by atoms with E-state index in [1.54, 1.807) is 0 Å². The molecule has 0 saturated carbocycles. The highest BCUT2D eigenvalue weighted by atomic mass is 16.2. The molecule has 1 amide bonds. The summed E-state index contributed by atoms with van der Waals surface area (Å²) in [5.41, 5.74) is 7.99. The third-order valence-electron chi connectivity index (χ3n) is 4.97. The lowest BCUT2D eigenvalue weighted by atomic mass is 10.1. The second-order valence-corrected chi connectivity index (χ2v) is 6.30. The number of nitrogens with one attached hydrogen (secondary N) is 1. The monoisotopic (exact) mass is 291 g/mol. The largest absolute Gasteiger partial charge is 0.344 e. The summed E-state index contributed by atoms with van der Waals surface area (Å²) in [5, 5.41) is 0. The Morgan fingerprint density at radius 3 is 2.90 bits per heavy atom. The number of aromatic amines is 1. The SMILES string of the molecule is Cc1nc2c([nH]1)CN(C(=O)C[C@@H]1CC[C@H](CN)N1C)CC2. The zero-order valence-electron chi connectivity index (χ0n) is 12.9. The number of likely N-dealkylation sites (N-methyl/N-ethyl adjacent to an activating group) is 1. The van der Waals surface area contributed by atoms with Gasteiger partial charge >= 0.3 is 0 Å². The third kappa shape index (κ3) is 2.82. The Balaban J connectivity index is 1.60. The summed E-state index contributed by atoms with van der Waals surface area (Å²) in [6.45, 7) is 4.10. The Morgan fingerprint density at radius 1 is 1.43 bits per heavy atom. The number of carbonyl (C=O) groups is 1. The topological polar surface area (TPSA) is 78.2 Å². The second kappa shape index (κ2) is 5.77. The molecule has 2 aliphatic rings. The first-order chi connectivity index (χ1) is 10.1. The fourth-order valence-corrected chi connectivity index (χ4v) is 3.60. The van der Waals surface area contributed by atoms with Gasteiger partial charge in [-0.25, -0.2) is 4.98 Å². The molecule has 3 heterocycles. The zero-order chi connectivity index (χ0) is 15.0. The molecule has 1 aromatic heterocycles. The summed E-state index contributed by atoms with van der Waals surface area (Å²) in [6.07, 6.45) is 3.65. The molecule has 6 heteroatoms. The van der Waals surface area contributed by atoms with E-state index in [1.165, 1.54) is 0 Å². The predicted molar refractivity (Wildman–Crippen MR) is 80.7 cm³/mol. The van der Waals surface area contributed by atoms with E-state index in [9.17, 15) is 4.79 Å². The van der Waals surface area contributed by atoms with Gasteiger partial charge in [-0.15, -0.1) is 0 Å². The molecule has 2 aliphatic heterocycles. The van der Waals surface area contributed by atoms with Gasteiger partial charge in [0.05, 0.1) is 17.9 Å². The van der Waals surface area contributed by atoms with Crippen molar-refractivity contribution >= 4 is 5.91 Å². The highest BCUT2D eigenvalue weighted by molar-refractivity contribution is 5.77. The van der Waals surface area contributed by atoms with E-state index in [0.29, 0.717) is 31.6 Å². The Kier molecular flexibility index (Phi) is 3.99. The first kappa shape index (κ1) is 14.5. The van der Waals surface area contributed by atoms with E-state index in [4.69, 9.17) is 5.73 Å². The first-order valence-corrected chi connectivity index (χ1v) is 7.82. The zero-order valence-corrected chi connectivity index (χ0v) is 12.9. The van der Waals surface area contributed by atoms with Gasteiger partial charge in [0.2, 0.25) is 5.91 Å². The van der Waals surface area contributed by atoms with E-state index in [2.05, 4.69) is 21.9 Å². The van der Waals surface area contributed by atoms with Crippen LogP contribution in [-0.4, -0.2) is 57.9 Å². The highest BCUT2D eigenvalue weighted by Crippen LogP contribution is 2.25. The number of likely N-dealkylation sites (tertiary alicyclic amines) is 1. The van der Waals surface area contributed by atoms with Crippen LogP contribution in [-0.2, 0) is 17.8 Å². The lowest BCUT2D eigenvalue weighted by Gasteiger charge is -2.30. The van der Waals surface area contributed by atoms with Gasteiger partial charge in [0, 0.05) is 38.0 Å². The molecule has 0 spiro atoms. The van der Waals surface area contributed by atoms with Crippen LogP contribution in [0.3, 0.4) is 0 Å². The van der Waals surface area contributed by atoms with Crippen LogP contribution < -0.4 is 5.73 Å². The summed E-state index contributed by atoms with van der Waals surface area (Å²) < 4.78 is 0. The lowest BCUT2D eigenvalue weighted by Crippen LogP contribution is -2.42. The van der Waals surface area contributed by atoms with E-state index in [-0.39, 0.29) is 5.91 Å². The van der Waals surface area contributed by atoms with Crippen LogP contribution in [0.25, 0.3) is 0 Å². The smallest absolute Gasteiger partial charge is 0.224 e. The van der Waals surface area contributed by atoms with Crippen molar-refractivity contribution < 1.29 is 4.79 Å². The maximum Gasteiger partial charge on any atom is 0.224 e. The van der Waals surface area contributed by atoms with Gasteiger partial charge in [0.25, 0.3) is 0 Å². The minimum Gasteiger partial charge on any atom is -0.344 e. The van der Waals surface area contributed by atoms with Crippen molar-refractivity contribution in [2.45, 2.75) is 51.2 Å². The highest BCUT2D eigenvalue weighted by Gasteiger charge is 2.32. The molecule has 6 nitrogen and oxygen atoms in total. The molecule has 3 rings (SSSR count). The van der Waals surface area contributed by atoms with Crippen molar-refractivity contribution in [3.05, 3.63) is 17.2 Å². The molecule has 1 saturated heterocycles. The lowest BCUT2D eigenvalue weighted by molar-refractivity contribution is -0.133. The van der Waals surface area contributed by atoms with Crippen LogP contribution in [0.1, 0.15) is 36.5 Å². The maximum atomic E-state index is 12.5. The number of hydrogen-bond donors (Lipinski definition) is 2. The number of aromatic nitrogens is 2. The summed E-state index contributed by atoms with van der Waals surface area (Å²) in [4.78, 5) is 24.5. The van der Waals surface area contributed by atoms with Crippen molar-refractivity contribution in [2.24, 2.45) is 5.73 Å². The van der Waals surface area contributed by atoms with Gasteiger partial charge in [0.15, 0.2) is 0 Å². The number of amides is 1. The van der Waals surface area contributed by atoms with Crippen LogP contribution in [0.2, 0.25) is 0 Å². The molecule has 2 atom stereocenters. The maximum absolute atomic E-state index is 12.5. The van der Waals surface area contributed by atoms with Gasteiger partial charge < -0.3 is 15.6 Å². The molecular weight excluding hydrogens is 266 g/mol. The number of rotatable bonds is 3. The number of nitrogens with zero attached hydrogens (tertiary/aromatic N) is 3. The van der Waals surface area contributed by atoms with E-state index in [1.807, 2.05) is 11.8 Å². The summed E-state index contributed by atoms with van der Waals surface area (Å²) in [7, 11) is 2.09. The molecule has 21 heavy (non-hydrogen) atoms. The van der Waals surface area contributed by atoms with Crippen molar-refractivity contribution in [1.29, 1.82) is 0 Å². The van der Waals surface area contributed by atoms with Gasteiger partial charge in [-0.2, -0.15) is 0 Å². The minimum atomic E-state index is 0.252. The number of hydrogen-bond acceptors (Lipinski definition) is 4. The number of nitrogens with two attached hydrogens (primary N) is 1. The van der Waals surface area contributed by atoms with Crippen molar-refractivity contribution in [2.75, 3.05) is 20.1 Å². The number of carbonyl (C=O) groups excluding carboxylic acids is 1. The van der Waals surface area contributed by atoms with Crippen molar-refractivity contribution in [3.63, 3.8) is 0 Å². The standard InChI is InChI=1S/C15H25N5O/c1-10-17-13-5-6-20(9-14(13)18-10)15(21)7-11-3-4-12(8-16)19(11)2/h11-12H,3-9,16H2,1-2H3,(H,17,18)/t11-,12+/m0/s1. The Labute approximate surface area is 125 Å². The van der Waals surface area contributed by atoms with Crippen LogP contribution in [0.4, 0.5) is 0 Å². The average Bonchev–Trinajstić information content (AvgIpc) is 3.00. The fourth-order valence-electron chi connectivity index (χ4n) is 3.60. The fraction of sp³-hybridized carbons (Fsp3) is 0.733. The average molecular weight is 291 g/mol. The minimum absolute atomic E-state index is 0.252. The Hall–Kier alpha value is -1.40. The first-order valence-electron chi connectivity index (χ1n) is 7.82. The predicted octanol–water partition coefficient (Wildman–Crippen LogP) is 0.414. The van der Waals surface area contributed by atoms with Crippen molar-refractivity contribution in [1.82, 2.24) is 19.8 Å². The van der Waals surface area contributed by atoms with Gasteiger partial charge in [-0.3, -0.25) is 9.69 Å². The quantitative estimate of drug-likeness (QED) is 0.846. The van der Waals surface area contributed by atoms with Gasteiger partial charge in [0.1, 0.15) is 5.82 Å². The van der Waals surface area contributed by atoms with Gasteiger partial charge in [-0.1, -0.05) is 0 Å². The molecule has 3 N–H and O–H groups in total. The van der Waals surface area contributed by atoms with Crippen LogP contribution >= 0.6 is 0 Å². The molecule has 1 aromatic rings.